The molecule has 1 aliphatic rings. The van der Waals surface area contributed by atoms with E-state index < -0.39 is 0 Å². The van der Waals surface area contributed by atoms with Gasteiger partial charge >= 0.3 is 0 Å². The summed E-state index contributed by atoms with van der Waals surface area (Å²) in [5.74, 6) is -0.304. The van der Waals surface area contributed by atoms with Crippen molar-refractivity contribution >= 4 is 16.7 Å². The van der Waals surface area contributed by atoms with Crippen LogP contribution in [0.25, 0.3) is 10.8 Å². The molecule has 1 saturated carbocycles. The number of benzene rings is 1. The molecule has 1 aromatic carbocycles. The molecule has 2 N–H and O–H groups in total. The molecule has 0 saturated heterocycles. The molecule has 0 spiro atoms. The monoisotopic (exact) mass is 379 g/mol. The first-order valence-corrected chi connectivity index (χ1v) is 9.37. The maximum absolute atomic E-state index is 12.7. The van der Waals surface area contributed by atoms with Gasteiger partial charge < -0.3 is 5.32 Å². The molecular formula is C20H21N5O3. The summed E-state index contributed by atoms with van der Waals surface area (Å²) in [7, 11) is 0. The Bertz CT molecular complexity index is 1140. The first-order chi connectivity index (χ1) is 13.5. The summed E-state index contributed by atoms with van der Waals surface area (Å²) >= 11 is 0. The fourth-order valence-electron chi connectivity index (χ4n) is 3.79. The fraction of sp³-hybridized carbons (Fsp3) is 0.350. The van der Waals surface area contributed by atoms with Gasteiger partial charge in [0.1, 0.15) is 0 Å². The zero-order valence-electron chi connectivity index (χ0n) is 15.5. The number of hydrogen-bond donors (Lipinski definition) is 2. The van der Waals surface area contributed by atoms with Crippen LogP contribution in [0.15, 0.2) is 46.0 Å². The maximum Gasteiger partial charge on any atom is 0.272 e. The van der Waals surface area contributed by atoms with E-state index in [1.165, 1.54) is 0 Å². The second-order valence-corrected chi connectivity index (χ2v) is 7.18. The van der Waals surface area contributed by atoms with Crippen LogP contribution in [0.5, 0.6) is 0 Å². The zero-order chi connectivity index (χ0) is 19.7. The molecule has 3 aromatic rings. The Balaban J connectivity index is 1.46. The molecule has 8 nitrogen and oxygen atoms in total. The quantitative estimate of drug-likeness (QED) is 0.720. The van der Waals surface area contributed by atoms with Gasteiger partial charge in [0.2, 0.25) is 0 Å². The third kappa shape index (κ3) is 3.45. The largest absolute Gasteiger partial charge is 0.348 e. The third-order valence-electron chi connectivity index (χ3n) is 5.25. The van der Waals surface area contributed by atoms with E-state index in [1.54, 1.807) is 41.1 Å². The van der Waals surface area contributed by atoms with Crippen molar-refractivity contribution in [2.24, 2.45) is 0 Å². The highest BCUT2D eigenvalue weighted by Gasteiger charge is 2.26. The minimum absolute atomic E-state index is 0.00301. The SMILES string of the molecule is Cc1ccc(=O)n(C2CCC(NC(=O)c3n[nH]c(=O)c4ccccc34)CC2)n1. The van der Waals surface area contributed by atoms with E-state index in [1.807, 2.05) is 6.92 Å². The molecule has 0 aliphatic heterocycles. The van der Waals surface area contributed by atoms with Crippen molar-refractivity contribution in [1.29, 1.82) is 0 Å². The van der Waals surface area contributed by atoms with Crippen LogP contribution < -0.4 is 16.4 Å². The van der Waals surface area contributed by atoms with Gasteiger partial charge in [0, 0.05) is 17.5 Å². The van der Waals surface area contributed by atoms with Crippen LogP contribution in [0.4, 0.5) is 0 Å². The van der Waals surface area contributed by atoms with E-state index in [0.29, 0.717) is 10.8 Å². The molecule has 1 aliphatic carbocycles. The van der Waals surface area contributed by atoms with Gasteiger partial charge in [0.25, 0.3) is 17.0 Å². The Morgan fingerprint density at radius 3 is 2.54 bits per heavy atom. The third-order valence-corrected chi connectivity index (χ3v) is 5.25. The Kier molecular flexibility index (Phi) is 4.77. The van der Waals surface area contributed by atoms with E-state index in [4.69, 9.17) is 0 Å². The van der Waals surface area contributed by atoms with E-state index in [0.717, 1.165) is 31.4 Å². The normalized spacial score (nSPS) is 19.5. The van der Waals surface area contributed by atoms with Crippen LogP contribution in [-0.2, 0) is 0 Å². The molecule has 0 radical (unpaired) electrons. The number of carbonyl (C=O) groups is 1. The molecule has 2 heterocycles. The molecule has 0 bridgehead atoms. The van der Waals surface area contributed by atoms with E-state index in [2.05, 4.69) is 20.6 Å². The number of aryl methyl sites for hydroxylation is 1. The summed E-state index contributed by atoms with van der Waals surface area (Å²) < 4.78 is 1.56. The minimum atomic E-state index is -0.316. The average Bonchev–Trinajstić information content (AvgIpc) is 2.71. The second-order valence-electron chi connectivity index (χ2n) is 7.18. The van der Waals surface area contributed by atoms with Crippen LogP contribution in [-0.4, -0.2) is 31.9 Å². The predicted octanol–water partition coefficient (Wildman–Crippen LogP) is 1.70. The van der Waals surface area contributed by atoms with Crippen LogP contribution >= 0.6 is 0 Å². The van der Waals surface area contributed by atoms with Crippen LogP contribution in [0.2, 0.25) is 0 Å². The van der Waals surface area contributed by atoms with Crippen molar-refractivity contribution in [1.82, 2.24) is 25.3 Å². The smallest absolute Gasteiger partial charge is 0.272 e. The first-order valence-electron chi connectivity index (χ1n) is 9.37. The van der Waals surface area contributed by atoms with E-state index in [9.17, 15) is 14.4 Å². The van der Waals surface area contributed by atoms with Gasteiger partial charge in [-0.2, -0.15) is 10.2 Å². The fourth-order valence-corrected chi connectivity index (χ4v) is 3.79. The summed E-state index contributed by atoms with van der Waals surface area (Å²) in [6, 6.07) is 10.2. The molecule has 0 unspecified atom stereocenters. The number of carbonyl (C=O) groups excluding carboxylic acids is 1. The molecule has 1 fully saturated rings. The number of aromatic nitrogens is 4. The first kappa shape index (κ1) is 18.1. The van der Waals surface area contributed by atoms with Gasteiger partial charge in [0.05, 0.1) is 17.1 Å². The number of rotatable bonds is 3. The summed E-state index contributed by atoms with van der Waals surface area (Å²) in [4.78, 5) is 36.7. The Labute approximate surface area is 160 Å². The lowest BCUT2D eigenvalue weighted by Gasteiger charge is -2.29. The topological polar surface area (TPSA) is 110 Å². The summed E-state index contributed by atoms with van der Waals surface area (Å²) in [6.45, 7) is 1.86. The summed E-state index contributed by atoms with van der Waals surface area (Å²) in [5.41, 5.74) is 0.616. The molecule has 1 amide bonds. The van der Waals surface area contributed by atoms with Crippen molar-refractivity contribution < 1.29 is 4.79 Å². The predicted molar refractivity (Wildman–Crippen MR) is 104 cm³/mol. The Hall–Kier alpha value is -3.29. The average molecular weight is 379 g/mol. The highest BCUT2D eigenvalue weighted by atomic mass is 16.2. The van der Waals surface area contributed by atoms with E-state index in [-0.39, 0.29) is 34.8 Å². The lowest BCUT2D eigenvalue weighted by Crippen LogP contribution is -2.40. The number of nitrogens with one attached hydrogen (secondary N) is 2. The van der Waals surface area contributed by atoms with Crippen molar-refractivity contribution in [2.45, 2.75) is 44.7 Å². The molecule has 0 atom stereocenters. The van der Waals surface area contributed by atoms with Crippen LogP contribution in [0.1, 0.15) is 47.9 Å². The van der Waals surface area contributed by atoms with Crippen molar-refractivity contribution in [2.75, 3.05) is 0 Å². The number of fused-ring (bicyclic) bond motifs is 1. The van der Waals surface area contributed by atoms with Crippen LogP contribution in [0, 0.1) is 6.92 Å². The second kappa shape index (κ2) is 7.38. The Morgan fingerprint density at radius 2 is 1.79 bits per heavy atom. The summed E-state index contributed by atoms with van der Waals surface area (Å²) in [6.07, 6.45) is 3.03. The summed E-state index contributed by atoms with van der Waals surface area (Å²) in [5, 5.41) is 14.7. The van der Waals surface area contributed by atoms with Gasteiger partial charge in [-0.25, -0.2) is 9.78 Å². The molecule has 144 valence electrons. The van der Waals surface area contributed by atoms with Crippen molar-refractivity contribution in [3.8, 4) is 0 Å². The van der Waals surface area contributed by atoms with Gasteiger partial charge in [-0.3, -0.25) is 14.4 Å². The van der Waals surface area contributed by atoms with Crippen molar-refractivity contribution in [3.63, 3.8) is 0 Å². The number of H-pyrrole nitrogens is 1. The lowest BCUT2D eigenvalue weighted by atomic mass is 9.91. The number of amides is 1. The zero-order valence-corrected chi connectivity index (χ0v) is 15.5. The molecule has 8 heteroatoms. The van der Waals surface area contributed by atoms with Crippen LogP contribution in [0.3, 0.4) is 0 Å². The molecule has 4 rings (SSSR count). The molecule has 2 aromatic heterocycles. The lowest BCUT2D eigenvalue weighted by molar-refractivity contribution is 0.0917. The van der Waals surface area contributed by atoms with Gasteiger partial charge in [-0.15, -0.1) is 0 Å². The van der Waals surface area contributed by atoms with Gasteiger partial charge in [-0.1, -0.05) is 18.2 Å². The maximum atomic E-state index is 12.7. The standard InChI is InChI=1S/C20H21N5O3/c1-12-6-11-17(26)25(24-12)14-9-7-13(8-10-14)21-20(28)18-15-4-2-3-5-16(15)19(27)23-22-18/h2-6,11,13-14H,7-10H2,1H3,(H,21,28)(H,23,27). The Morgan fingerprint density at radius 1 is 1.07 bits per heavy atom. The highest BCUT2D eigenvalue weighted by molar-refractivity contribution is 6.04. The minimum Gasteiger partial charge on any atom is -0.348 e. The molecular weight excluding hydrogens is 358 g/mol. The van der Waals surface area contributed by atoms with Crippen molar-refractivity contribution in [3.05, 3.63) is 68.5 Å². The number of nitrogens with zero attached hydrogens (tertiary/aromatic N) is 3. The highest BCUT2D eigenvalue weighted by Crippen LogP contribution is 2.27. The number of aromatic amines is 1. The van der Waals surface area contributed by atoms with Gasteiger partial charge in [0.15, 0.2) is 5.69 Å². The number of hydrogen-bond acceptors (Lipinski definition) is 5. The molecule has 28 heavy (non-hydrogen) atoms. The van der Waals surface area contributed by atoms with Gasteiger partial charge in [-0.05, 0) is 44.7 Å². The van der Waals surface area contributed by atoms with E-state index >= 15 is 0 Å².